The molecular formula is C16H23N3. The topological polar surface area (TPSA) is 43.8 Å². The zero-order chi connectivity index (χ0) is 13.8. The number of rotatable bonds is 5. The number of nitrogens with zero attached hydrogens (tertiary/aromatic N) is 2. The zero-order valence-corrected chi connectivity index (χ0v) is 12.0. The summed E-state index contributed by atoms with van der Waals surface area (Å²) >= 11 is 0. The van der Waals surface area contributed by atoms with E-state index in [1.807, 2.05) is 30.6 Å². The monoisotopic (exact) mass is 257 g/mol. The molecule has 3 nitrogen and oxygen atoms in total. The predicted octanol–water partition coefficient (Wildman–Crippen LogP) is 3.34. The molecule has 19 heavy (non-hydrogen) atoms. The van der Waals surface area contributed by atoms with Gasteiger partial charge in [0.05, 0.1) is 12.1 Å². The van der Waals surface area contributed by atoms with Crippen molar-refractivity contribution in [3.8, 4) is 0 Å². The Bertz CT molecular complexity index is 502. The predicted molar refractivity (Wildman–Crippen MR) is 78.9 cm³/mol. The molecule has 2 rings (SSSR count). The first kappa shape index (κ1) is 13.8. The van der Waals surface area contributed by atoms with Gasteiger partial charge in [0.25, 0.3) is 0 Å². The smallest absolute Gasteiger partial charge is 0.108 e. The molecule has 0 aliphatic heterocycles. The summed E-state index contributed by atoms with van der Waals surface area (Å²) in [7, 11) is 0. The Morgan fingerprint density at radius 2 is 1.89 bits per heavy atom. The third-order valence-corrected chi connectivity index (χ3v) is 3.62. The lowest BCUT2D eigenvalue weighted by Gasteiger charge is -2.30. The van der Waals surface area contributed by atoms with Crippen molar-refractivity contribution in [1.82, 2.24) is 9.55 Å². The Labute approximate surface area is 115 Å². The quantitative estimate of drug-likeness (QED) is 0.892. The summed E-state index contributed by atoms with van der Waals surface area (Å²) in [6.07, 6.45) is 4.84. The van der Waals surface area contributed by atoms with Gasteiger partial charge in [0, 0.05) is 18.8 Å². The Morgan fingerprint density at radius 3 is 2.47 bits per heavy atom. The van der Waals surface area contributed by atoms with Crippen LogP contribution in [-0.2, 0) is 6.42 Å². The first-order valence-corrected chi connectivity index (χ1v) is 6.97. The van der Waals surface area contributed by atoms with E-state index >= 15 is 0 Å². The number of aryl methyl sites for hydroxylation is 1. The molecule has 102 valence electrons. The molecule has 0 amide bonds. The Kier molecular flexibility index (Phi) is 4.38. The minimum Gasteiger partial charge on any atom is -0.330 e. The Morgan fingerprint density at radius 1 is 1.21 bits per heavy atom. The van der Waals surface area contributed by atoms with Crippen LogP contribution < -0.4 is 5.73 Å². The zero-order valence-electron chi connectivity index (χ0n) is 12.0. The number of benzene rings is 1. The fourth-order valence-corrected chi connectivity index (χ4v) is 2.67. The van der Waals surface area contributed by atoms with Gasteiger partial charge in [0.2, 0.25) is 0 Å². The maximum Gasteiger partial charge on any atom is 0.108 e. The fraction of sp³-hybridized carbons (Fsp3) is 0.438. The fourth-order valence-electron chi connectivity index (χ4n) is 2.67. The van der Waals surface area contributed by atoms with Crippen LogP contribution in [0.5, 0.6) is 0 Å². The van der Waals surface area contributed by atoms with Crippen LogP contribution >= 0.6 is 0 Å². The highest BCUT2D eigenvalue weighted by Gasteiger charge is 2.25. The minimum absolute atomic E-state index is 0.0132. The van der Waals surface area contributed by atoms with Crippen LogP contribution in [0.2, 0.25) is 0 Å². The van der Waals surface area contributed by atoms with E-state index in [4.69, 9.17) is 5.73 Å². The van der Waals surface area contributed by atoms with E-state index in [1.165, 1.54) is 5.56 Å². The number of hydrogen-bond acceptors (Lipinski definition) is 2. The lowest BCUT2D eigenvalue weighted by atomic mass is 9.91. The molecule has 0 bridgehead atoms. The lowest BCUT2D eigenvalue weighted by Crippen LogP contribution is -2.29. The van der Waals surface area contributed by atoms with E-state index in [-0.39, 0.29) is 12.1 Å². The van der Waals surface area contributed by atoms with Crippen molar-refractivity contribution in [2.24, 2.45) is 11.7 Å². The van der Waals surface area contributed by atoms with Gasteiger partial charge in [0.15, 0.2) is 0 Å². The highest BCUT2D eigenvalue weighted by atomic mass is 15.1. The molecule has 0 spiro atoms. The highest BCUT2D eigenvalue weighted by molar-refractivity contribution is 5.20. The summed E-state index contributed by atoms with van der Waals surface area (Å²) in [5.41, 5.74) is 7.68. The molecule has 1 heterocycles. The van der Waals surface area contributed by atoms with E-state index in [9.17, 15) is 0 Å². The lowest BCUT2D eigenvalue weighted by molar-refractivity contribution is 0.311. The van der Waals surface area contributed by atoms with Crippen molar-refractivity contribution in [3.63, 3.8) is 0 Å². The van der Waals surface area contributed by atoms with Crippen LogP contribution in [0.1, 0.15) is 44.2 Å². The van der Waals surface area contributed by atoms with E-state index < -0.39 is 0 Å². The van der Waals surface area contributed by atoms with Crippen molar-refractivity contribution in [3.05, 3.63) is 54.1 Å². The van der Waals surface area contributed by atoms with Gasteiger partial charge < -0.3 is 10.3 Å². The van der Waals surface area contributed by atoms with Crippen LogP contribution in [0.25, 0.3) is 0 Å². The van der Waals surface area contributed by atoms with Crippen LogP contribution in [0.15, 0.2) is 42.7 Å². The van der Waals surface area contributed by atoms with Crippen LogP contribution in [0.4, 0.5) is 0 Å². The second-order valence-electron chi connectivity index (χ2n) is 5.28. The molecule has 2 N–H and O–H groups in total. The molecule has 3 heteroatoms. The molecule has 0 fully saturated rings. The van der Waals surface area contributed by atoms with Gasteiger partial charge in [-0.25, -0.2) is 4.98 Å². The highest BCUT2D eigenvalue weighted by Crippen LogP contribution is 2.31. The second kappa shape index (κ2) is 6.02. The van der Waals surface area contributed by atoms with Crippen molar-refractivity contribution in [1.29, 1.82) is 0 Å². The number of imidazole rings is 1. The summed E-state index contributed by atoms with van der Waals surface area (Å²) in [4.78, 5) is 4.42. The average molecular weight is 257 g/mol. The molecular weight excluding hydrogens is 234 g/mol. The summed E-state index contributed by atoms with van der Waals surface area (Å²) in [6, 6.07) is 10.5. The molecule has 0 saturated heterocycles. The van der Waals surface area contributed by atoms with Crippen LogP contribution in [-0.4, -0.2) is 9.55 Å². The summed E-state index contributed by atoms with van der Waals surface area (Å²) in [6.45, 7) is 6.56. The van der Waals surface area contributed by atoms with Gasteiger partial charge in [-0.15, -0.1) is 0 Å². The van der Waals surface area contributed by atoms with Gasteiger partial charge in [-0.05, 0) is 11.5 Å². The average Bonchev–Trinajstić information content (AvgIpc) is 2.87. The van der Waals surface area contributed by atoms with Gasteiger partial charge in [-0.2, -0.15) is 0 Å². The molecule has 0 saturated carbocycles. The molecule has 2 unspecified atom stereocenters. The molecule has 2 atom stereocenters. The maximum atomic E-state index is 6.51. The molecule has 0 radical (unpaired) electrons. The normalized spacial score (nSPS) is 14.6. The minimum atomic E-state index is -0.0132. The van der Waals surface area contributed by atoms with E-state index in [0.717, 1.165) is 12.2 Å². The van der Waals surface area contributed by atoms with E-state index in [2.05, 4.69) is 42.5 Å². The Balaban J connectivity index is 2.36. The van der Waals surface area contributed by atoms with Gasteiger partial charge in [-0.1, -0.05) is 51.1 Å². The van der Waals surface area contributed by atoms with Crippen molar-refractivity contribution < 1.29 is 0 Å². The SMILES string of the molecule is CCc1nccn1C(C(C)C)C(N)c1ccccc1. The summed E-state index contributed by atoms with van der Waals surface area (Å²) in [5.74, 6) is 1.56. The van der Waals surface area contributed by atoms with E-state index in [1.54, 1.807) is 0 Å². The summed E-state index contributed by atoms with van der Waals surface area (Å²) < 4.78 is 2.24. The van der Waals surface area contributed by atoms with Crippen molar-refractivity contribution in [2.45, 2.75) is 39.3 Å². The number of nitrogens with two attached hydrogens (primary N) is 1. The van der Waals surface area contributed by atoms with Crippen LogP contribution in [0.3, 0.4) is 0 Å². The number of hydrogen-bond donors (Lipinski definition) is 1. The van der Waals surface area contributed by atoms with Crippen LogP contribution in [0, 0.1) is 5.92 Å². The molecule has 0 aliphatic rings. The maximum absolute atomic E-state index is 6.51. The standard InChI is InChI=1S/C16H23N3/c1-4-14-18-10-11-19(14)16(12(2)3)15(17)13-8-6-5-7-9-13/h5-12,15-16H,4,17H2,1-3H3. The van der Waals surface area contributed by atoms with Gasteiger partial charge >= 0.3 is 0 Å². The van der Waals surface area contributed by atoms with Gasteiger partial charge in [-0.3, -0.25) is 0 Å². The molecule has 1 aromatic carbocycles. The third kappa shape index (κ3) is 2.87. The summed E-state index contributed by atoms with van der Waals surface area (Å²) in [5, 5.41) is 0. The molecule has 2 aromatic rings. The Hall–Kier alpha value is -1.61. The van der Waals surface area contributed by atoms with Gasteiger partial charge in [0.1, 0.15) is 5.82 Å². The van der Waals surface area contributed by atoms with Crippen molar-refractivity contribution in [2.75, 3.05) is 0 Å². The molecule has 1 aromatic heterocycles. The second-order valence-corrected chi connectivity index (χ2v) is 5.28. The third-order valence-electron chi connectivity index (χ3n) is 3.62. The largest absolute Gasteiger partial charge is 0.330 e. The molecule has 0 aliphatic carbocycles. The first-order valence-electron chi connectivity index (χ1n) is 6.97. The number of aromatic nitrogens is 2. The van der Waals surface area contributed by atoms with Crippen molar-refractivity contribution >= 4 is 0 Å². The van der Waals surface area contributed by atoms with E-state index in [0.29, 0.717) is 5.92 Å². The first-order chi connectivity index (χ1) is 9.15.